The Morgan fingerprint density at radius 1 is 1.20 bits per heavy atom. The Morgan fingerprint density at radius 3 is 2.70 bits per heavy atom. The molecule has 0 aliphatic carbocycles. The summed E-state index contributed by atoms with van der Waals surface area (Å²) in [6.45, 7) is -1.18. The number of hydrogen-bond acceptors (Lipinski definition) is 3. The van der Waals surface area contributed by atoms with E-state index in [1.807, 2.05) is 18.2 Å². The molecule has 0 saturated heterocycles. The van der Waals surface area contributed by atoms with Crippen LogP contribution < -0.4 is 5.32 Å². The normalized spacial score (nSPS) is 11.5. The molecular formula is C20H16BrClF3N3O2. The summed E-state index contributed by atoms with van der Waals surface area (Å²) in [6.07, 6.45) is -2.69. The quantitative estimate of drug-likeness (QED) is 0.452. The number of aromatic nitrogens is 2. The molecular weight excluding hydrogens is 487 g/mol. The van der Waals surface area contributed by atoms with Gasteiger partial charge < -0.3 is 10.1 Å². The number of carbonyl (C=O) groups is 1. The molecule has 0 aliphatic heterocycles. The molecule has 0 radical (unpaired) electrons. The summed E-state index contributed by atoms with van der Waals surface area (Å²) < 4.78 is 43.4. The van der Waals surface area contributed by atoms with Gasteiger partial charge >= 0.3 is 6.18 Å². The first-order chi connectivity index (χ1) is 14.2. The number of halogens is 5. The summed E-state index contributed by atoms with van der Waals surface area (Å²) in [5.41, 5.74) is 1.60. The Bertz CT molecular complexity index is 1040. The van der Waals surface area contributed by atoms with Crippen molar-refractivity contribution in [2.24, 2.45) is 0 Å². The molecule has 3 rings (SSSR count). The topological polar surface area (TPSA) is 56.2 Å². The molecule has 0 unspecified atom stereocenters. The lowest BCUT2D eigenvalue weighted by Gasteiger charge is -2.09. The van der Waals surface area contributed by atoms with E-state index < -0.39 is 18.7 Å². The molecule has 0 saturated carbocycles. The van der Waals surface area contributed by atoms with Gasteiger partial charge in [-0.1, -0.05) is 41.9 Å². The maximum Gasteiger partial charge on any atom is 0.411 e. The molecule has 158 valence electrons. The van der Waals surface area contributed by atoms with E-state index in [1.54, 1.807) is 35.1 Å². The van der Waals surface area contributed by atoms with Gasteiger partial charge in [-0.2, -0.15) is 18.3 Å². The van der Waals surface area contributed by atoms with Crippen LogP contribution >= 0.6 is 27.5 Å². The van der Waals surface area contributed by atoms with Gasteiger partial charge in [0.25, 0.3) is 5.91 Å². The van der Waals surface area contributed by atoms with Crippen molar-refractivity contribution in [1.29, 1.82) is 0 Å². The van der Waals surface area contributed by atoms with E-state index in [0.717, 1.165) is 5.56 Å². The number of rotatable bonds is 7. The summed E-state index contributed by atoms with van der Waals surface area (Å²) in [7, 11) is 0. The molecule has 1 aromatic heterocycles. The van der Waals surface area contributed by atoms with Crippen molar-refractivity contribution >= 4 is 39.3 Å². The molecule has 10 heteroatoms. The highest BCUT2D eigenvalue weighted by atomic mass is 79.9. The Kier molecular flexibility index (Phi) is 7.17. The Hall–Kier alpha value is -2.36. The first kappa shape index (κ1) is 22.3. The van der Waals surface area contributed by atoms with Crippen molar-refractivity contribution in [3.05, 3.63) is 80.9 Å². The molecule has 0 atom stereocenters. The molecule has 3 aromatic rings. The van der Waals surface area contributed by atoms with Crippen molar-refractivity contribution in [3.8, 4) is 0 Å². The fourth-order valence-corrected chi connectivity index (χ4v) is 3.24. The fourth-order valence-electron chi connectivity index (χ4n) is 2.63. The van der Waals surface area contributed by atoms with Gasteiger partial charge in [0, 0.05) is 16.8 Å². The molecule has 1 N–H and O–H groups in total. The highest BCUT2D eigenvalue weighted by molar-refractivity contribution is 9.10. The Labute approximate surface area is 183 Å². The number of carbonyl (C=O) groups excluding carboxylic acids is 1. The van der Waals surface area contributed by atoms with E-state index >= 15 is 0 Å². The van der Waals surface area contributed by atoms with Crippen LogP contribution in [0.25, 0.3) is 0 Å². The Morgan fingerprint density at radius 2 is 1.97 bits per heavy atom. The van der Waals surface area contributed by atoms with Crippen molar-refractivity contribution in [1.82, 2.24) is 9.78 Å². The highest BCUT2D eigenvalue weighted by Crippen LogP contribution is 2.23. The third kappa shape index (κ3) is 6.32. The molecule has 2 aromatic carbocycles. The van der Waals surface area contributed by atoms with Crippen molar-refractivity contribution in [2.45, 2.75) is 19.3 Å². The van der Waals surface area contributed by atoms with E-state index in [4.69, 9.17) is 11.6 Å². The lowest BCUT2D eigenvalue weighted by atomic mass is 10.1. The Balaban J connectivity index is 1.65. The largest absolute Gasteiger partial charge is 0.411 e. The summed E-state index contributed by atoms with van der Waals surface area (Å²) >= 11 is 9.53. The van der Waals surface area contributed by atoms with Gasteiger partial charge in [0.2, 0.25) is 0 Å². The maximum absolute atomic E-state index is 12.6. The summed E-state index contributed by atoms with van der Waals surface area (Å²) in [4.78, 5) is 12.6. The van der Waals surface area contributed by atoms with Gasteiger partial charge in [0.05, 0.1) is 17.6 Å². The van der Waals surface area contributed by atoms with Crippen molar-refractivity contribution < 1.29 is 22.7 Å². The molecule has 0 aliphatic rings. The number of nitrogens with one attached hydrogen (secondary N) is 1. The zero-order valence-corrected chi connectivity index (χ0v) is 17.8. The van der Waals surface area contributed by atoms with Crippen molar-refractivity contribution in [2.75, 3.05) is 11.9 Å². The number of alkyl halides is 3. The van der Waals surface area contributed by atoms with Gasteiger partial charge in [-0.15, -0.1) is 0 Å². The SMILES string of the molecule is O=C(Nc1nn(Cc2ccccc2Cl)cc1Br)c1cccc(COCC(F)(F)F)c1. The van der Waals surface area contributed by atoms with Crippen LogP contribution in [0.2, 0.25) is 5.02 Å². The van der Waals surface area contributed by atoms with Gasteiger partial charge in [0.15, 0.2) is 5.82 Å². The first-order valence-electron chi connectivity index (χ1n) is 8.72. The lowest BCUT2D eigenvalue weighted by Crippen LogP contribution is -2.17. The van der Waals surface area contributed by atoms with E-state index in [-0.39, 0.29) is 12.2 Å². The van der Waals surface area contributed by atoms with E-state index in [9.17, 15) is 18.0 Å². The van der Waals surface area contributed by atoms with Crippen LogP contribution in [0.4, 0.5) is 19.0 Å². The molecule has 5 nitrogen and oxygen atoms in total. The van der Waals surface area contributed by atoms with Gasteiger partial charge in [-0.25, -0.2) is 0 Å². The van der Waals surface area contributed by atoms with Crippen LogP contribution in [-0.2, 0) is 17.9 Å². The van der Waals surface area contributed by atoms with Crippen molar-refractivity contribution in [3.63, 3.8) is 0 Å². The summed E-state index contributed by atoms with van der Waals surface area (Å²) in [5.74, 6) is -0.137. The van der Waals surface area contributed by atoms with E-state index in [1.165, 1.54) is 6.07 Å². The van der Waals surface area contributed by atoms with Crippen LogP contribution in [0.1, 0.15) is 21.5 Å². The summed E-state index contributed by atoms with van der Waals surface area (Å²) in [5, 5.41) is 7.63. The predicted molar refractivity (Wildman–Crippen MR) is 111 cm³/mol. The molecule has 30 heavy (non-hydrogen) atoms. The molecule has 0 spiro atoms. The maximum atomic E-state index is 12.6. The van der Waals surface area contributed by atoms with Gasteiger partial charge in [-0.3, -0.25) is 9.48 Å². The molecule has 0 fully saturated rings. The van der Waals surface area contributed by atoms with E-state index in [2.05, 4.69) is 31.1 Å². The second-order valence-electron chi connectivity index (χ2n) is 6.38. The smallest absolute Gasteiger partial charge is 0.367 e. The van der Waals surface area contributed by atoms with Crippen LogP contribution in [0.3, 0.4) is 0 Å². The second-order valence-corrected chi connectivity index (χ2v) is 7.64. The van der Waals surface area contributed by atoms with E-state index in [0.29, 0.717) is 27.4 Å². The number of nitrogens with zero attached hydrogens (tertiary/aromatic N) is 2. The number of amides is 1. The predicted octanol–water partition coefficient (Wildman–Crippen LogP) is 5.68. The van der Waals surface area contributed by atoms with Gasteiger partial charge in [0.1, 0.15) is 6.61 Å². The average molecular weight is 503 g/mol. The average Bonchev–Trinajstić information content (AvgIpc) is 3.02. The zero-order valence-electron chi connectivity index (χ0n) is 15.4. The minimum absolute atomic E-state index is 0.253. The third-order valence-corrected chi connectivity index (χ3v) is 4.91. The molecule has 1 heterocycles. The number of ether oxygens (including phenoxy) is 1. The monoisotopic (exact) mass is 501 g/mol. The standard InChI is InChI=1S/C20H16BrClF3N3O2/c21-16-10-28(9-15-5-1-2-7-17(15)22)27-18(16)26-19(29)14-6-3-4-13(8-14)11-30-12-20(23,24)25/h1-8,10H,9,11-12H2,(H,26,27,29). The zero-order chi connectivity index (χ0) is 21.7. The van der Waals surface area contributed by atoms with Crippen LogP contribution in [-0.4, -0.2) is 28.5 Å². The highest BCUT2D eigenvalue weighted by Gasteiger charge is 2.27. The fraction of sp³-hybridized carbons (Fsp3) is 0.200. The molecule has 0 bridgehead atoms. The second kappa shape index (κ2) is 9.63. The number of benzene rings is 2. The number of anilines is 1. The minimum atomic E-state index is -4.40. The third-order valence-electron chi connectivity index (χ3n) is 3.96. The molecule has 1 amide bonds. The van der Waals surface area contributed by atoms with Gasteiger partial charge in [-0.05, 0) is 45.3 Å². The lowest BCUT2D eigenvalue weighted by molar-refractivity contribution is -0.176. The summed E-state index contributed by atoms with van der Waals surface area (Å²) in [6, 6.07) is 13.5. The first-order valence-corrected chi connectivity index (χ1v) is 9.89. The number of hydrogen-bond donors (Lipinski definition) is 1. The van der Waals surface area contributed by atoms with Crippen LogP contribution in [0, 0.1) is 0 Å². The minimum Gasteiger partial charge on any atom is -0.367 e. The van der Waals surface area contributed by atoms with Crippen LogP contribution in [0.5, 0.6) is 0 Å². The van der Waals surface area contributed by atoms with Crippen LogP contribution in [0.15, 0.2) is 59.2 Å².